The lowest BCUT2D eigenvalue weighted by Gasteiger charge is -2.38. The van der Waals surface area contributed by atoms with E-state index < -0.39 is 5.82 Å². The molecule has 1 N–H and O–H groups in total. The highest BCUT2D eigenvalue weighted by Gasteiger charge is 2.28. The van der Waals surface area contributed by atoms with Crippen LogP contribution >= 0.6 is 0 Å². The first-order valence-electron chi connectivity index (χ1n) is 9.93. The quantitative estimate of drug-likeness (QED) is 0.720. The van der Waals surface area contributed by atoms with Crippen molar-refractivity contribution in [1.29, 1.82) is 5.26 Å². The average Bonchev–Trinajstić information content (AvgIpc) is 3.11. The Labute approximate surface area is 174 Å². The number of nitrogens with zero attached hydrogens (tertiary/aromatic N) is 5. The zero-order valence-corrected chi connectivity index (χ0v) is 17.0. The van der Waals surface area contributed by atoms with Crippen LogP contribution in [-0.4, -0.2) is 39.8 Å². The van der Waals surface area contributed by atoms with E-state index in [9.17, 15) is 14.4 Å². The fourth-order valence-corrected chi connectivity index (χ4v) is 4.24. The van der Waals surface area contributed by atoms with Gasteiger partial charge in [0.15, 0.2) is 0 Å². The van der Waals surface area contributed by atoms with Gasteiger partial charge >= 0.3 is 0 Å². The van der Waals surface area contributed by atoms with E-state index in [2.05, 4.69) is 27.2 Å². The number of carbonyl (C=O) groups excluding carboxylic acids is 1. The van der Waals surface area contributed by atoms with Gasteiger partial charge in [-0.25, -0.2) is 4.39 Å². The number of hydrogen-bond acceptors (Lipinski definition) is 5. The Morgan fingerprint density at radius 1 is 1.43 bits per heavy atom. The summed E-state index contributed by atoms with van der Waals surface area (Å²) < 4.78 is 16.3. The molecule has 0 saturated carbocycles. The predicted octanol–water partition coefficient (Wildman–Crippen LogP) is 2.55. The number of aromatic nitrogens is 3. The topological polar surface area (TPSA) is 86.8 Å². The maximum atomic E-state index is 14.6. The number of nitrogens with one attached hydrogen (secondary N) is 1. The van der Waals surface area contributed by atoms with Crippen LogP contribution in [0.4, 0.5) is 10.1 Å². The number of pyridine rings is 1. The average molecular weight is 406 g/mol. The van der Waals surface area contributed by atoms with Crippen molar-refractivity contribution < 1.29 is 9.18 Å². The molecule has 0 spiro atoms. The SMILES string of the molecule is C[C@H]1C[C@@H](NC(=O)Cc2cnn(C)c2)CN(c2cc(F)c(C#N)c3ncccc23)C1. The number of piperidine rings is 1. The zero-order chi connectivity index (χ0) is 21.3. The lowest BCUT2D eigenvalue weighted by atomic mass is 9.94. The van der Waals surface area contributed by atoms with E-state index in [0.29, 0.717) is 23.7 Å². The minimum absolute atomic E-state index is 0.0410. The maximum absolute atomic E-state index is 14.6. The van der Waals surface area contributed by atoms with Crippen molar-refractivity contribution in [2.75, 3.05) is 18.0 Å². The summed E-state index contributed by atoms with van der Waals surface area (Å²) in [5.41, 5.74) is 1.89. The monoisotopic (exact) mass is 406 g/mol. The summed E-state index contributed by atoms with van der Waals surface area (Å²) in [7, 11) is 1.82. The first-order valence-corrected chi connectivity index (χ1v) is 9.93. The van der Waals surface area contributed by atoms with E-state index in [1.54, 1.807) is 23.1 Å². The number of benzene rings is 1. The second kappa shape index (κ2) is 8.11. The summed E-state index contributed by atoms with van der Waals surface area (Å²) in [6.45, 7) is 3.43. The van der Waals surface area contributed by atoms with Crippen LogP contribution in [0.3, 0.4) is 0 Å². The summed E-state index contributed by atoms with van der Waals surface area (Å²) in [5, 5.41) is 17.3. The van der Waals surface area contributed by atoms with Gasteiger partial charge in [-0.2, -0.15) is 10.4 Å². The van der Waals surface area contributed by atoms with Gasteiger partial charge in [-0.1, -0.05) is 6.92 Å². The third-order valence-electron chi connectivity index (χ3n) is 5.42. The van der Waals surface area contributed by atoms with Gasteiger partial charge in [0.1, 0.15) is 17.4 Å². The van der Waals surface area contributed by atoms with Crippen LogP contribution in [0.15, 0.2) is 36.8 Å². The first kappa shape index (κ1) is 19.8. The number of carbonyl (C=O) groups is 1. The molecule has 0 aliphatic carbocycles. The molecule has 0 bridgehead atoms. The molecule has 2 aromatic heterocycles. The van der Waals surface area contributed by atoms with Crippen molar-refractivity contribution in [3.05, 3.63) is 53.7 Å². The highest BCUT2D eigenvalue weighted by molar-refractivity contribution is 5.95. The van der Waals surface area contributed by atoms with Gasteiger partial charge in [0.2, 0.25) is 5.91 Å². The smallest absolute Gasteiger partial charge is 0.224 e. The summed E-state index contributed by atoms with van der Waals surface area (Å²) in [4.78, 5) is 18.8. The Balaban J connectivity index is 1.57. The largest absolute Gasteiger partial charge is 0.369 e. The molecule has 3 heterocycles. The van der Waals surface area contributed by atoms with E-state index in [1.165, 1.54) is 6.07 Å². The van der Waals surface area contributed by atoms with Crippen LogP contribution in [0.5, 0.6) is 0 Å². The Hall–Kier alpha value is -3.47. The minimum Gasteiger partial charge on any atom is -0.369 e. The number of nitriles is 1. The van der Waals surface area contributed by atoms with Crippen molar-refractivity contribution in [3.63, 3.8) is 0 Å². The molecule has 2 atom stereocenters. The molecule has 3 aromatic rings. The fraction of sp³-hybridized carbons (Fsp3) is 0.364. The molecule has 1 aromatic carbocycles. The number of halogens is 1. The van der Waals surface area contributed by atoms with E-state index >= 15 is 0 Å². The zero-order valence-electron chi connectivity index (χ0n) is 17.0. The highest BCUT2D eigenvalue weighted by atomic mass is 19.1. The Morgan fingerprint density at radius 2 is 2.27 bits per heavy atom. The van der Waals surface area contributed by atoms with Gasteiger partial charge in [-0.05, 0) is 36.1 Å². The number of anilines is 1. The van der Waals surface area contributed by atoms with E-state index in [1.807, 2.05) is 25.4 Å². The van der Waals surface area contributed by atoms with E-state index in [0.717, 1.165) is 23.9 Å². The predicted molar refractivity (Wildman–Crippen MR) is 111 cm³/mol. The molecule has 4 rings (SSSR count). The van der Waals surface area contributed by atoms with E-state index in [4.69, 9.17) is 0 Å². The highest BCUT2D eigenvalue weighted by Crippen LogP contribution is 2.33. The molecule has 1 fully saturated rings. The van der Waals surface area contributed by atoms with Crippen LogP contribution < -0.4 is 10.2 Å². The van der Waals surface area contributed by atoms with Crippen molar-refractivity contribution in [2.45, 2.75) is 25.8 Å². The summed E-state index contributed by atoms with van der Waals surface area (Å²) in [6, 6.07) is 6.91. The molecular formula is C22H23FN6O. The van der Waals surface area contributed by atoms with Crippen LogP contribution in [0.2, 0.25) is 0 Å². The standard InChI is InChI=1S/C22H23FN6O/c1-14-6-16(27-21(30)7-15-10-26-28(2)12-15)13-29(11-14)20-8-19(23)18(9-24)22-17(20)4-3-5-25-22/h3-5,8,10,12,14,16H,6-7,11,13H2,1-2H3,(H,27,30)/t14-,16+/m0/s1. The molecule has 1 saturated heterocycles. The second-order valence-electron chi connectivity index (χ2n) is 7.97. The number of fused-ring (bicyclic) bond motifs is 1. The number of aryl methyl sites for hydroxylation is 1. The van der Waals surface area contributed by atoms with Crippen molar-refractivity contribution in [3.8, 4) is 6.07 Å². The third kappa shape index (κ3) is 3.96. The Kier molecular flexibility index (Phi) is 5.36. The van der Waals surface area contributed by atoms with Crippen molar-refractivity contribution in [1.82, 2.24) is 20.1 Å². The Morgan fingerprint density at radius 3 is 3.00 bits per heavy atom. The third-order valence-corrected chi connectivity index (χ3v) is 5.42. The van der Waals surface area contributed by atoms with E-state index in [-0.39, 0.29) is 23.9 Å². The molecule has 7 nitrogen and oxygen atoms in total. The van der Waals surface area contributed by atoms with Crippen molar-refractivity contribution >= 4 is 22.5 Å². The maximum Gasteiger partial charge on any atom is 0.224 e. The molecule has 0 unspecified atom stereocenters. The number of hydrogen-bond donors (Lipinski definition) is 1. The van der Waals surface area contributed by atoms with Crippen LogP contribution in [0.1, 0.15) is 24.5 Å². The second-order valence-corrected chi connectivity index (χ2v) is 7.97. The summed E-state index contributed by atoms with van der Waals surface area (Å²) in [5.74, 6) is -0.318. The normalized spacial score (nSPS) is 18.9. The van der Waals surface area contributed by atoms with Gasteiger partial charge in [0.05, 0.1) is 18.1 Å². The first-order chi connectivity index (χ1) is 14.4. The number of rotatable bonds is 4. The Bertz CT molecular complexity index is 1130. The van der Waals surface area contributed by atoms with Crippen LogP contribution in [0, 0.1) is 23.1 Å². The summed E-state index contributed by atoms with van der Waals surface area (Å²) >= 11 is 0. The summed E-state index contributed by atoms with van der Waals surface area (Å²) in [6.07, 6.45) is 6.20. The molecular weight excluding hydrogens is 383 g/mol. The van der Waals surface area contributed by atoms with Gasteiger partial charge in [-0.15, -0.1) is 0 Å². The van der Waals surface area contributed by atoms with Crippen LogP contribution in [-0.2, 0) is 18.3 Å². The molecule has 154 valence electrons. The lowest BCUT2D eigenvalue weighted by molar-refractivity contribution is -0.121. The molecule has 1 aliphatic rings. The molecule has 30 heavy (non-hydrogen) atoms. The molecule has 1 aliphatic heterocycles. The minimum atomic E-state index is -0.575. The molecule has 0 radical (unpaired) electrons. The molecule has 8 heteroatoms. The van der Waals surface area contributed by atoms with Crippen molar-refractivity contribution in [2.24, 2.45) is 13.0 Å². The van der Waals surface area contributed by atoms with Gasteiger partial charge in [-0.3, -0.25) is 14.5 Å². The lowest BCUT2D eigenvalue weighted by Crippen LogP contribution is -2.50. The van der Waals surface area contributed by atoms with Gasteiger partial charge in [0.25, 0.3) is 0 Å². The number of amides is 1. The fourth-order valence-electron chi connectivity index (χ4n) is 4.24. The molecule has 1 amide bonds. The van der Waals surface area contributed by atoms with Crippen LogP contribution in [0.25, 0.3) is 10.9 Å². The van der Waals surface area contributed by atoms with Gasteiger partial charge < -0.3 is 10.2 Å². The van der Waals surface area contributed by atoms with Gasteiger partial charge in [0, 0.05) is 49.6 Å².